The van der Waals surface area contributed by atoms with Gasteiger partial charge in [-0.1, -0.05) is 22.0 Å². The van der Waals surface area contributed by atoms with Crippen LogP contribution in [0.15, 0.2) is 34.4 Å². The van der Waals surface area contributed by atoms with Gasteiger partial charge in [0, 0.05) is 28.0 Å². The van der Waals surface area contributed by atoms with E-state index in [-0.39, 0.29) is 0 Å². The van der Waals surface area contributed by atoms with Gasteiger partial charge in [-0.3, -0.25) is 4.98 Å². The molecular weight excluding hydrogens is 296 g/mol. The summed E-state index contributed by atoms with van der Waals surface area (Å²) in [7, 11) is 2.01. The maximum absolute atomic E-state index is 4.12. The van der Waals surface area contributed by atoms with Crippen LogP contribution in [0.25, 0.3) is 0 Å². The minimum atomic E-state index is 0.341. The molecule has 1 heterocycles. The van der Waals surface area contributed by atoms with Gasteiger partial charge in [0.05, 0.1) is 5.51 Å². The molecule has 4 heteroatoms. The van der Waals surface area contributed by atoms with E-state index in [2.05, 4.69) is 51.4 Å². The van der Waals surface area contributed by atoms with E-state index in [1.165, 1.54) is 16.0 Å². The highest BCUT2D eigenvalue weighted by atomic mass is 79.9. The molecule has 0 aliphatic heterocycles. The molecule has 0 aliphatic carbocycles. The van der Waals surface area contributed by atoms with Gasteiger partial charge in [-0.2, -0.15) is 0 Å². The van der Waals surface area contributed by atoms with E-state index in [4.69, 9.17) is 0 Å². The fourth-order valence-corrected chi connectivity index (χ4v) is 2.92. The first-order chi connectivity index (χ1) is 8.20. The molecule has 1 aromatic heterocycles. The van der Waals surface area contributed by atoms with E-state index in [0.717, 1.165) is 10.9 Å². The zero-order chi connectivity index (χ0) is 12.3. The van der Waals surface area contributed by atoms with Crippen molar-refractivity contribution in [1.29, 1.82) is 0 Å². The number of likely N-dealkylation sites (N-methyl/N-ethyl adjacent to an activating group) is 1. The molecule has 0 fully saturated rings. The Kier molecular flexibility index (Phi) is 4.31. The topological polar surface area (TPSA) is 24.9 Å². The standard InChI is InChI=1S/C13H15BrN2S/c1-9-3-4-10(14)5-12(9)13(15-2)6-11-7-16-8-17-11/h3-5,7-8,13,15H,6H2,1-2H3. The second-order valence-electron chi connectivity index (χ2n) is 4.01. The number of halogens is 1. The number of aromatic nitrogens is 1. The summed E-state index contributed by atoms with van der Waals surface area (Å²) in [5.41, 5.74) is 4.54. The Balaban J connectivity index is 2.25. The van der Waals surface area contributed by atoms with Crippen molar-refractivity contribution in [3.63, 3.8) is 0 Å². The first-order valence-corrected chi connectivity index (χ1v) is 7.18. The van der Waals surface area contributed by atoms with Crippen molar-refractivity contribution in [2.24, 2.45) is 0 Å². The molecule has 2 rings (SSSR count). The number of thiazole rings is 1. The molecule has 17 heavy (non-hydrogen) atoms. The molecule has 0 spiro atoms. The van der Waals surface area contributed by atoms with E-state index in [9.17, 15) is 0 Å². The number of benzene rings is 1. The third-order valence-corrected chi connectivity index (χ3v) is 4.15. The number of nitrogens with one attached hydrogen (secondary N) is 1. The van der Waals surface area contributed by atoms with Crippen molar-refractivity contribution in [1.82, 2.24) is 10.3 Å². The molecule has 0 bridgehead atoms. The highest BCUT2D eigenvalue weighted by Gasteiger charge is 2.13. The van der Waals surface area contributed by atoms with Gasteiger partial charge in [-0.15, -0.1) is 11.3 Å². The van der Waals surface area contributed by atoms with Crippen molar-refractivity contribution in [3.8, 4) is 0 Å². The fraction of sp³-hybridized carbons (Fsp3) is 0.308. The quantitative estimate of drug-likeness (QED) is 0.931. The highest BCUT2D eigenvalue weighted by molar-refractivity contribution is 9.10. The van der Waals surface area contributed by atoms with Crippen LogP contribution < -0.4 is 5.32 Å². The fourth-order valence-electron chi connectivity index (χ4n) is 1.90. The Morgan fingerprint density at radius 2 is 2.29 bits per heavy atom. The predicted octanol–water partition coefficient (Wildman–Crippen LogP) is 3.72. The normalized spacial score (nSPS) is 12.6. The zero-order valence-corrected chi connectivity index (χ0v) is 12.3. The molecule has 1 atom stereocenters. The molecule has 2 aromatic rings. The summed E-state index contributed by atoms with van der Waals surface area (Å²) in [5.74, 6) is 0. The van der Waals surface area contributed by atoms with Crippen LogP contribution in [-0.4, -0.2) is 12.0 Å². The van der Waals surface area contributed by atoms with Crippen LogP contribution in [0.5, 0.6) is 0 Å². The minimum Gasteiger partial charge on any atom is -0.313 e. The van der Waals surface area contributed by atoms with Gasteiger partial charge < -0.3 is 5.32 Å². The van der Waals surface area contributed by atoms with Gasteiger partial charge in [-0.25, -0.2) is 0 Å². The number of hydrogen-bond donors (Lipinski definition) is 1. The van der Waals surface area contributed by atoms with Crippen LogP contribution in [-0.2, 0) is 6.42 Å². The second kappa shape index (κ2) is 5.76. The molecule has 0 amide bonds. The first-order valence-electron chi connectivity index (χ1n) is 5.51. The summed E-state index contributed by atoms with van der Waals surface area (Å²) in [4.78, 5) is 5.43. The molecule has 0 radical (unpaired) electrons. The Morgan fingerprint density at radius 1 is 1.47 bits per heavy atom. The summed E-state index contributed by atoms with van der Waals surface area (Å²) >= 11 is 5.24. The maximum atomic E-state index is 4.12. The summed E-state index contributed by atoms with van der Waals surface area (Å²) in [6.45, 7) is 2.15. The largest absolute Gasteiger partial charge is 0.313 e. The Labute approximate surface area is 114 Å². The predicted molar refractivity (Wildman–Crippen MR) is 76.5 cm³/mol. The van der Waals surface area contributed by atoms with Gasteiger partial charge in [0.2, 0.25) is 0 Å². The minimum absolute atomic E-state index is 0.341. The van der Waals surface area contributed by atoms with Crippen LogP contribution in [0.2, 0.25) is 0 Å². The lowest BCUT2D eigenvalue weighted by Gasteiger charge is -2.18. The molecule has 2 nitrogen and oxygen atoms in total. The smallest absolute Gasteiger partial charge is 0.0794 e. The zero-order valence-electron chi connectivity index (χ0n) is 9.90. The number of aryl methyl sites for hydroxylation is 1. The maximum Gasteiger partial charge on any atom is 0.0794 e. The van der Waals surface area contributed by atoms with E-state index in [0.29, 0.717) is 6.04 Å². The highest BCUT2D eigenvalue weighted by Crippen LogP contribution is 2.25. The average molecular weight is 311 g/mol. The lowest BCUT2D eigenvalue weighted by Crippen LogP contribution is -2.19. The monoisotopic (exact) mass is 310 g/mol. The third-order valence-electron chi connectivity index (χ3n) is 2.85. The molecule has 1 unspecified atom stereocenters. The van der Waals surface area contributed by atoms with Crippen LogP contribution in [0.4, 0.5) is 0 Å². The number of nitrogens with zero attached hydrogens (tertiary/aromatic N) is 1. The van der Waals surface area contributed by atoms with E-state index in [1.807, 2.05) is 18.8 Å². The van der Waals surface area contributed by atoms with Crippen molar-refractivity contribution < 1.29 is 0 Å². The lowest BCUT2D eigenvalue weighted by molar-refractivity contribution is 0.592. The molecule has 0 saturated carbocycles. The number of hydrogen-bond acceptors (Lipinski definition) is 3. The summed E-state index contributed by atoms with van der Waals surface area (Å²) in [6, 6.07) is 6.76. The summed E-state index contributed by atoms with van der Waals surface area (Å²) in [6.07, 6.45) is 2.93. The average Bonchev–Trinajstić information content (AvgIpc) is 2.82. The summed E-state index contributed by atoms with van der Waals surface area (Å²) in [5, 5.41) is 3.38. The van der Waals surface area contributed by atoms with E-state index < -0.39 is 0 Å². The van der Waals surface area contributed by atoms with Crippen LogP contribution in [0.3, 0.4) is 0 Å². The Morgan fingerprint density at radius 3 is 2.94 bits per heavy atom. The van der Waals surface area contributed by atoms with Gasteiger partial charge >= 0.3 is 0 Å². The molecule has 1 aromatic carbocycles. The van der Waals surface area contributed by atoms with Crippen LogP contribution in [0, 0.1) is 6.92 Å². The summed E-state index contributed by atoms with van der Waals surface area (Å²) < 4.78 is 1.13. The van der Waals surface area contributed by atoms with Gasteiger partial charge in [0.15, 0.2) is 0 Å². The molecule has 0 saturated heterocycles. The Hall–Kier alpha value is -0.710. The third kappa shape index (κ3) is 3.15. The number of rotatable bonds is 4. The molecular formula is C13H15BrN2S. The molecule has 1 N–H and O–H groups in total. The van der Waals surface area contributed by atoms with Crippen molar-refractivity contribution >= 4 is 27.3 Å². The Bertz CT molecular complexity index is 482. The molecule has 0 aliphatic rings. The van der Waals surface area contributed by atoms with Crippen molar-refractivity contribution in [2.75, 3.05) is 7.05 Å². The van der Waals surface area contributed by atoms with Crippen LogP contribution in [0.1, 0.15) is 22.0 Å². The second-order valence-corrected chi connectivity index (χ2v) is 5.90. The van der Waals surface area contributed by atoms with Crippen LogP contribution >= 0.6 is 27.3 Å². The van der Waals surface area contributed by atoms with E-state index in [1.54, 1.807) is 11.3 Å². The molecule has 90 valence electrons. The van der Waals surface area contributed by atoms with Crippen molar-refractivity contribution in [3.05, 3.63) is 50.4 Å². The van der Waals surface area contributed by atoms with Gasteiger partial charge in [0.25, 0.3) is 0 Å². The van der Waals surface area contributed by atoms with Crippen molar-refractivity contribution in [2.45, 2.75) is 19.4 Å². The van der Waals surface area contributed by atoms with Gasteiger partial charge in [-0.05, 0) is 37.2 Å². The van der Waals surface area contributed by atoms with E-state index >= 15 is 0 Å². The lowest BCUT2D eigenvalue weighted by atomic mass is 9.98. The first kappa shape index (κ1) is 12.7. The SMILES string of the molecule is CNC(Cc1cncs1)c1cc(Br)ccc1C. The van der Waals surface area contributed by atoms with Gasteiger partial charge in [0.1, 0.15) is 0 Å².